The summed E-state index contributed by atoms with van der Waals surface area (Å²) in [7, 11) is 0. The minimum absolute atomic E-state index is 0.0443. The van der Waals surface area contributed by atoms with Crippen molar-refractivity contribution in [2.75, 3.05) is 55.9 Å². The minimum Gasteiger partial charge on any atom is -0.494 e. The summed E-state index contributed by atoms with van der Waals surface area (Å²) < 4.78 is 12.9. The number of thiophene rings is 1. The van der Waals surface area contributed by atoms with Crippen molar-refractivity contribution in [3.63, 3.8) is 0 Å². The van der Waals surface area contributed by atoms with Gasteiger partial charge in [-0.15, -0.1) is 11.3 Å². The molecule has 1 amide bonds. The zero-order valence-corrected chi connectivity index (χ0v) is 26.1. The van der Waals surface area contributed by atoms with E-state index in [1.54, 1.807) is 11.3 Å². The normalized spacial score (nSPS) is 17.9. The maximum atomic E-state index is 13.1. The number of hydrogen-bond donors (Lipinski definition) is 1. The highest BCUT2D eigenvalue weighted by Gasteiger charge is 2.37. The quantitative estimate of drug-likeness (QED) is 0.236. The SMILES string of the molecule is CC(C)C(N)C(=O)OCN1C(=O)CC(C)(C)c2ccc(OCCCCN3CCN(c4cccc5sccc45)CC3)cc21. The summed E-state index contributed by atoms with van der Waals surface area (Å²) in [6.07, 6.45) is 2.35. The first-order valence-electron chi connectivity index (χ1n) is 15.1. The number of nitrogens with two attached hydrogens (primary N) is 1. The molecular weight excluding hydrogens is 548 g/mol. The van der Waals surface area contributed by atoms with Crippen LogP contribution in [0.1, 0.15) is 52.5 Å². The second-order valence-electron chi connectivity index (χ2n) is 12.4. The molecule has 1 aromatic heterocycles. The highest BCUT2D eigenvalue weighted by atomic mass is 32.1. The molecule has 2 aliphatic heterocycles. The van der Waals surface area contributed by atoms with Crippen LogP contribution >= 0.6 is 11.3 Å². The molecule has 1 fully saturated rings. The zero-order valence-electron chi connectivity index (χ0n) is 25.3. The third kappa shape index (κ3) is 6.74. The number of esters is 1. The Labute approximate surface area is 253 Å². The van der Waals surface area contributed by atoms with E-state index in [4.69, 9.17) is 15.2 Å². The van der Waals surface area contributed by atoms with Gasteiger partial charge >= 0.3 is 5.97 Å². The Morgan fingerprint density at radius 1 is 1.05 bits per heavy atom. The van der Waals surface area contributed by atoms with Crippen LogP contribution in [0.25, 0.3) is 10.1 Å². The number of fused-ring (bicyclic) bond motifs is 2. The van der Waals surface area contributed by atoms with Crippen LogP contribution < -0.4 is 20.3 Å². The first kappa shape index (κ1) is 30.3. The number of unbranched alkanes of at least 4 members (excludes halogenated alkanes) is 1. The molecule has 0 bridgehead atoms. The van der Waals surface area contributed by atoms with E-state index >= 15 is 0 Å². The van der Waals surface area contributed by atoms with E-state index < -0.39 is 12.0 Å². The van der Waals surface area contributed by atoms with Crippen LogP contribution in [0, 0.1) is 5.92 Å². The summed E-state index contributed by atoms with van der Waals surface area (Å²) in [5.41, 5.74) is 8.74. The lowest BCUT2D eigenvalue weighted by Crippen LogP contribution is -2.46. The topological polar surface area (TPSA) is 88.3 Å². The number of piperazine rings is 1. The third-order valence-corrected chi connectivity index (χ3v) is 9.41. The molecule has 5 rings (SSSR count). The second-order valence-corrected chi connectivity index (χ2v) is 13.4. The zero-order chi connectivity index (χ0) is 29.9. The summed E-state index contributed by atoms with van der Waals surface area (Å²) >= 11 is 1.80. The van der Waals surface area contributed by atoms with E-state index in [1.807, 2.05) is 32.0 Å². The molecule has 1 unspecified atom stereocenters. The lowest BCUT2D eigenvalue weighted by molar-refractivity contribution is -0.146. The number of nitrogens with zero attached hydrogens (tertiary/aromatic N) is 3. The van der Waals surface area contributed by atoms with Gasteiger partial charge in [-0.05, 0) is 60.5 Å². The molecular formula is C33H44N4O4S. The maximum absolute atomic E-state index is 13.1. The van der Waals surface area contributed by atoms with Crippen molar-refractivity contribution in [2.45, 2.75) is 58.4 Å². The molecule has 2 aromatic carbocycles. The van der Waals surface area contributed by atoms with Crippen LogP contribution in [-0.2, 0) is 19.7 Å². The summed E-state index contributed by atoms with van der Waals surface area (Å²) in [6.45, 7) is 13.6. The predicted molar refractivity (Wildman–Crippen MR) is 171 cm³/mol. The average molecular weight is 593 g/mol. The van der Waals surface area contributed by atoms with Crippen molar-refractivity contribution in [1.29, 1.82) is 0 Å². The van der Waals surface area contributed by atoms with Crippen molar-refractivity contribution in [2.24, 2.45) is 11.7 Å². The molecule has 42 heavy (non-hydrogen) atoms. The molecule has 8 nitrogen and oxygen atoms in total. The van der Waals surface area contributed by atoms with Crippen LogP contribution in [0.5, 0.6) is 5.75 Å². The van der Waals surface area contributed by atoms with Gasteiger partial charge < -0.3 is 20.1 Å². The molecule has 2 N–H and O–H groups in total. The Bertz CT molecular complexity index is 1400. The molecule has 0 aliphatic carbocycles. The van der Waals surface area contributed by atoms with Gasteiger partial charge in [0.15, 0.2) is 6.73 Å². The molecule has 9 heteroatoms. The highest BCUT2D eigenvalue weighted by Crippen LogP contribution is 2.42. The number of carbonyl (C=O) groups excluding carboxylic acids is 2. The highest BCUT2D eigenvalue weighted by molar-refractivity contribution is 7.17. The van der Waals surface area contributed by atoms with Gasteiger partial charge in [-0.25, -0.2) is 0 Å². The van der Waals surface area contributed by atoms with Gasteiger partial charge in [0.2, 0.25) is 5.91 Å². The summed E-state index contributed by atoms with van der Waals surface area (Å²) in [5, 5.41) is 3.54. The lowest BCUT2D eigenvalue weighted by atomic mass is 9.77. The summed E-state index contributed by atoms with van der Waals surface area (Å²) in [6, 6.07) is 14.0. The molecule has 3 aromatic rings. The average Bonchev–Trinajstić information content (AvgIpc) is 3.45. The van der Waals surface area contributed by atoms with Crippen molar-refractivity contribution >= 4 is 44.7 Å². The number of amides is 1. The Balaban J connectivity index is 1.10. The van der Waals surface area contributed by atoms with Gasteiger partial charge in [0.05, 0.1) is 12.3 Å². The minimum atomic E-state index is -0.722. The van der Waals surface area contributed by atoms with Gasteiger partial charge in [-0.1, -0.05) is 39.8 Å². The largest absolute Gasteiger partial charge is 0.494 e. The van der Waals surface area contributed by atoms with Crippen LogP contribution in [0.15, 0.2) is 47.8 Å². The molecule has 1 saturated heterocycles. The van der Waals surface area contributed by atoms with E-state index in [1.165, 1.54) is 20.7 Å². The number of ether oxygens (including phenoxy) is 2. The molecule has 2 aliphatic rings. The summed E-state index contributed by atoms with van der Waals surface area (Å²) in [5.74, 6) is 0.0864. The van der Waals surface area contributed by atoms with Gasteiger partial charge in [0.25, 0.3) is 0 Å². The predicted octanol–water partition coefficient (Wildman–Crippen LogP) is 5.38. The molecule has 226 valence electrons. The van der Waals surface area contributed by atoms with E-state index in [9.17, 15) is 9.59 Å². The fourth-order valence-corrected chi connectivity index (χ4v) is 6.64. The molecule has 1 atom stereocenters. The first-order chi connectivity index (χ1) is 20.1. The molecule has 3 heterocycles. The molecule has 0 spiro atoms. The van der Waals surface area contributed by atoms with Gasteiger partial charge in [0, 0.05) is 59.9 Å². The first-order valence-corrected chi connectivity index (χ1v) is 16.0. The number of hydrogen-bond acceptors (Lipinski definition) is 8. The van der Waals surface area contributed by atoms with Gasteiger partial charge in [-0.2, -0.15) is 0 Å². The number of rotatable bonds is 11. The van der Waals surface area contributed by atoms with Crippen molar-refractivity contribution in [1.82, 2.24) is 4.90 Å². The van der Waals surface area contributed by atoms with Crippen molar-refractivity contribution in [3.8, 4) is 5.75 Å². The van der Waals surface area contributed by atoms with Crippen LogP contribution in [0.4, 0.5) is 11.4 Å². The smallest absolute Gasteiger partial charge is 0.324 e. The lowest BCUT2D eigenvalue weighted by Gasteiger charge is -2.38. The number of anilines is 2. The number of carbonyl (C=O) groups is 2. The van der Waals surface area contributed by atoms with E-state index in [2.05, 4.69) is 53.3 Å². The van der Waals surface area contributed by atoms with Crippen LogP contribution in [-0.4, -0.2) is 68.9 Å². The van der Waals surface area contributed by atoms with Gasteiger partial charge in [-0.3, -0.25) is 19.4 Å². The van der Waals surface area contributed by atoms with Crippen LogP contribution in [0.2, 0.25) is 0 Å². The monoisotopic (exact) mass is 592 g/mol. The Hall–Kier alpha value is -3.14. The maximum Gasteiger partial charge on any atom is 0.324 e. The third-order valence-electron chi connectivity index (χ3n) is 8.53. The standard InChI is InChI=1S/C33H44N4O4S/c1-23(2)31(34)32(39)41-22-37-28-20-24(10-11-26(28)33(3,4)21-30(37)38)40-18-6-5-13-35-14-16-36(17-15-35)27-8-7-9-29-25(27)12-19-42-29/h7-12,19-20,23,31H,5-6,13-18,21-22,34H2,1-4H3. The molecule has 0 saturated carbocycles. The Kier molecular flexibility index (Phi) is 9.40. The van der Waals surface area contributed by atoms with E-state index in [0.29, 0.717) is 18.8 Å². The second kappa shape index (κ2) is 13.0. The molecule has 0 radical (unpaired) electrons. The van der Waals surface area contributed by atoms with E-state index in [-0.39, 0.29) is 24.0 Å². The van der Waals surface area contributed by atoms with Crippen molar-refractivity contribution in [3.05, 3.63) is 53.4 Å². The fourth-order valence-electron chi connectivity index (χ4n) is 5.83. The summed E-state index contributed by atoms with van der Waals surface area (Å²) in [4.78, 5) is 32.0. The van der Waals surface area contributed by atoms with Crippen molar-refractivity contribution < 1.29 is 19.1 Å². The Morgan fingerprint density at radius 2 is 1.83 bits per heavy atom. The fraction of sp³-hybridized carbons (Fsp3) is 0.515. The van der Waals surface area contributed by atoms with E-state index in [0.717, 1.165) is 56.8 Å². The number of benzene rings is 2. The Morgan fingerprint density at radius 3 is 2.60 bits per heavy atom. The van der Waals surface area contributed by atoms with Crippen LogP contribution in [0.3, 0.4) is 0 Å². The van der Waals surface area contributed by atoms with Gasteiger partial charge in [0.1, 0.15) is 11.8 Å².